The number of ether oxygens (including phenoxy) is 1. The molecule has 0 atom stereocenters. The lowest BCUT2D eigenvalue weighted by molar-refractivity contribution is 0.200. The number of benzene rings is 1. The Balaban J connectivity index is 2.09. The van der Waals surface area contributed by atoms with Crippen LogP contribution in [0, 0.1) is 0 Å². The lowest BCUT2D eigenvalue weighted by Crippen LogP contribution is -1.90. The Morgan fingerprint density at radius 3 is 2.88 bits per heavy atom. The van der Waals surface area contributed by atoms with Crippen LogP contribution in [0.25, 0.3) is 11.0 Å². The number of aromatic amines is 1. The number of imidazole rings is 1. The van der Waals surface area contributed by atoms with Crippen molar-refractivity contribution < 1.29 is 4.74 Å². The molecule has 0 aliphatic carbocycles. The first-order valence-electron chi connectivity index (χ1n) is 5.17. The van der Waals surface area contributed by atoms with Crippen molar-refractivity contribution in [3.8, 4) is 0 Å². The summed E-state index contributed by atoms with van der Waals surface area (Å²) in [5.41, 5.74) is 1.75. The number of nitrogens with one attached hydrogen (secondary N) is 1. The molecule has 0 bridgehead atoms. The fraction of sp³-hybridized carbons (Fsp3) is 0.364. The molecule has 1 heterocycles. The molecule has 1 N–H and O–H groups in total. The zero-order valence-corrected chi connectivity index (χ0v) is 11.6. The van der Waals surface area contributed by atoms with Gasteiger partial charge in [-0.2, -0.15) is 0 Å². The van der Waals surface area contributed by atoms with Gasteiger partial charge in [0.05, 0.1) is 21.1 Å². The second kappa shape index (κ2) is 5.96. The average molecular weight is 291 g/mol. The normalized spacial score (nSPS) is 11.2. The van der Waals surface area contributed by atoms with E-state index in [-0.39, 0.29) is 0 Å². The maximum Gasteiger partial charge on any atom is 0.166 e. The zero-order chi connectivity index (χ0) is 12.3. The van der Waals surface area contributed by atoms with Crippen molar-refractivity contribution in [2.24, 2.45) is 0 Å². The summed E-state index contributed by atoms with van der Waals surface area (Å²) in [6.07, 6.45) is 1.000. The van der Waals surface area contributed by atoms with Crippen molar-refractivity contribution in [3.63, 3.8) is 0 Å². The number of hydrogen-bond acceptors (Lipinski definition) is 3. The Hall–Kier alpha value is -0.420. The summed E-state index contributed by atoms with van der Waals surface area (Å²) in [4.78, 5) is 7.64. The Kier molecular flexibility index (Phi) is 4.56. The molecule has 0 fully saturated rings. The van der Waals surface area contributed by atoms with E-state index in [4.69, 9.17) is 27.9 Å². The molecule has 1 aromatic heterocycles. The molecule has 1 aromatic carbocycles. The lowest BCUT2D eigenvalue weighted by atomic mass is 10.3. The molecule has 3 nitrogen and oxygen atoms in total. The molecule has 0 aliphatic rings. The zero-order valence-electron chi connectivity index (χ0n) is 9.30. The van der Waals surface area contributed by atoms with Crippen LogP contribution in [0.3, 0.4) is 0 Å². The highest BCUT2D eigenvalue weighted by Crippen LogP contribution is 2.28. The van der Waals surface area contributed by atoms with E-state index < -0.39 is 0 Å². The van der Waals surface area contributed by atoms with Crippen LogP contribution >= 0.6 is 35.0 Å². The molecule has 0 saturated heterocycles. The van der Waals surface area contributed by atoms with E-state index in [1.165, 1.54) is 0 Å². The summed E-state index contributed by atoms with van der Waals surface area (Å²) >= 11 is 13.5. The Labute approximate surface area is 114 Å². The van der Waals surface area contributed by atoms with E-state index in [2.05, 4.69) is 9.97 Å². The summed E-state index contributed by atoms with van der Waals surface area (Å²) in [5, 5.41) is 1.95. The third-order valence-corrected chi connectivity index (χ3v) is 3.92. The Morgan fingerprint density at radius 1 is 1.35 bits per heavy atom. The van der Waals surface area contributed by atoms with Crippen LogP contribution in [0.2, 0.25) is 10.0 Å². The number of aromatic nitrogens is 2. The summed E-state index contributed by atoms with van der Waals surface area (Å²) in [6.45, 7) is 0.769. The Morgan fingerprint density at radius 2 is 2.12 bits per heavy atom. The standard InChI is InChI=1S/C11H12Cl2N2OS/c1-16-3-2-4-17-11-14-9-5-7(12)8(13)6-10(9)15-11/h5-6H,2-4H2,1H3,(H,14,15). The van der Waals surface area contributed by atoms with Crippen molar-refractivity contribution in [1.29, 1.82) is 0 Å². The minimum atomic E-state index is 0.529. The molecule has 0 radical (unpaired) electrons. The minimum Gasteiger partial charge on any atom is -0.385 e. The van der Waals surface area contributed by atoms with E-state index in [0.717, 1.165) is 35.0 Å². The second-order valence-electron chi connectivity index (χ2n) is 3.52. The van der Waals surface area contributed by atoms with Gasteiger partial charge in [0.25, 0.3) is 0 Å². The minimum absolute atomic E-state index is 0.529. The van der Waals surface area contributed by atoms with Crippen LogP contribution in [0.15, 0.2) is 17.3 Å². The van der Waals surface area contributed by atoms with Gasteiger partial charge in [0.1, 0.15) is 0 Å². The number of fused-ring (bicyclic) bond motifs is 1. The number of nitrogens with zero attached hydrogens (tertiary/aromatic N) is 1. The molecule has 6 heteroatoms. The van der Waals surface area contributed by atoms with E-state index in [9.17, 15) is 0 Å². The molecule has 2 aromatic rings. The van der Waals surface area contributed by atoms with Crippen molar-refractivity contribution in [2.75, 3.05) is 19.5 Å². The van der Waals surface area contributed by atoms with E-state index in [1.807, 2.05) is 0 Å². The molecule has 0 saturated carbocycles. The highest BCUT2D eigenvalue weighted by Gasteiger charge is 2.06. The first-order valence-corrected chi connectivity index (χ1v) is 6.91. The van der Waals surface area contributed by atoms with Gasteiger partial charge in [0.2, 0.25) is 0 Å². The molecule has 0 aliphatic heterocycles. The van der Waals surface area contributed by atoms with Crippen LogP contribution < -0.4 is 0 Å². The quantitative estimate of drug-likeness (QED) is 0.668. The second-order valence-corrected chi connectivity index (χ2v) is 5.42. The average Bonchev–Trinajstić information content (AvgIpc) is 2.67. The fourth-order valence-corrected chi connectivity index (χ4v) is 2.54. The number of halogens is 2. The van der Waals surface area contributed by atoms with Crippen LogP contribution in [0.5, 0.6) is 0 Å². The molecule has 17 heavy (non-hydrogen) atoms. The number of hydrogen-bond donors (Lipinski definition) is 1. The molecular formula is C11H12Cl2N2OS. The van der Waals surface area contributed by atoms with E-state index >= 15 is 0 Å². The summed E-state index contributed by atoms with van der Waals surface area (Å²) in [5.74, 6) is 0.967. The molecule has 0 amide bonds. The van der Waals surface area contributed by atoms with Gasteiger partial charge in [-0.15, -0.1) is 0 Å². The predicted octanol–water partition coefficient (Wildman–Crippen LogP) is 4.00. The van der Waals surface area contributed by atoms with Crippen LogP contribution in [0.1, 0.15) is 6.42 Å². The predicted molar refractivity (Wildman–Crippen MR) is 73.3 cm³/mol. The molecule has 0 spiro atoms. The van der Waals surface area contributed by atoms with Gasteiger partial charge < -0.3 is 9.72 Å². The maximum atomic E-state index is 5.94. The smallest absolute Gasteiger partial charge is 0.166 e. The summed E-state index contributed by atoms with van der Waals surface area (Å²) < 4.78 is 4.99. The third-order valence-electron chi connectivity index (χ3n) is 2.23. The fourth-order valence-electron chi connectivity index (χ4n) is 1.42. The van der Waals surface area contributed by atoms with Crippen molar-refractivity contribution in [3.05, 3.63) is 22.2 Å². The number of H-pyrrole nitrogens is 1. The highest BCUT2D eigenvalue weighted by molar-refractivity contribution is 7.99. The maximum absolute atomic E-state index is 5.94. The SMILES string of the molecule is COCCCSc1nc2cc(Cl)c(Cl)cc2[nH]1. The lowest BCUT2D eigenvalue weighted by Gasteiger charge is -1.96. The van der Waals surface area contributed by atoms with Crippen LogP contribution in [-0.4, -0.2) is 29.4 Å². The van der Waals surface area contributed by atoms with Gasteiger partial charge in [-0.3, -0.25) is 0 Å². The van der Waals surface area contributed by atoms with Crippen molar-refractivity contribution in [1.82, 2.24) is 9.97 Å². The van der Waals surface area contributed by atoms with Crippen LogP contribution in [-0.2, 0) is 4.74 Å². The van der Waals surface area contributed by atoms with Gasteiger partial charge in [0, 0.05) is 19.5 Å². The van der Waals surface area contributed by atoms with E-state index in [0.29, 0.717) is 10.0 Å². The van der Waals surface area contributed by atoms with E-state index in [1.54, 1.807) is 31.0 Å². The van der Waals surface area contributed by atoms with Gasteiger partial charge in [-0.05, 0) is 18.6 Å². The first kappa shape index (κ1) is 13.0. The third kappa shape index (κ3) is 3.28. The Bertz CT molecular complexity index is 476. The van der Waals surface area contributed by atoms with Gasteiger partial charge in [-0.25, -0.2) is 4.98 Å². The van der Waals surface area contributed by atoms with Crippen LogP contribution in [0.4, 0.5) is 0 Å². The summed E-state index contributed by atoms with van der Waals surface area (Å²) in [7, 11) is 1.70. The van der Waals surface area contributed by atoms with Crippen molar-refractivity contribution in [2.45, 2.75) is 11.6 Å². The molecule has 0 unspecified atom stereocenters. The van der Waals surface area contributed by atoms with Gasteiger partial charge >= 0.3 is 0 Å². The molecule has 2 rings (SSSR count). The van der Waals surface area contributed by atoms with Crippen molar-refractivity contribution >= 4 is 46.0 Å². The topological polar surface area (TPSA) is 37.9 Å². The monoisotopic (exact) mass is 290 g/mol. The van der Waals surface area contributed by atoms with Gasteiger partial charge in [0.15, 0.2) is 5.16 Å². The first-order chi connectivity index (χ1) is 8.20. The summed E-state index contributed by atoms with van der Waals surface area (Å²) in [6, 6.07) is 3.57. The van der Waals surface area contributed by atoms with Gasteiger partial charge in [-0.1, -0.05) is 35.0 Å². The molecular weight excluding hydrogens is 279 g/mol. The number of rotatable bonds is 5. The largest absolute Gasteiger partial charge is 0.385 e. The highest BCUT2D eigenvalue weighted by atomic mass is 35.5. The molecule has 92 valence electrons. The number of thioether (sulfide) groups is 1. The number of methoxy groups -OCH3 is 1.